The summed E-state index contributed by atoms with van der Waals surface area (Å²) in [5.74, 6) is 0.00220. The normalized spacial score (nSPS) is 14.1. The number of rotatable bonds is 5. The zero-order chi connectivity index (χ0) is 13.0. The third-order valence-corrected chi connectivity index (χ3v) is 3.06. The van der Waals surface area contributed by atoms with Gasteiger partial charge >= 0.3 is 5.97 Å². The lowest BCUT2D eigenvalue weighted by Gasteiger charge is -2.19. The smallest absolute Gasteiger partial charge is 0.339 e. The summed E-state index contributed by atoms with van der Waals surface area (Å²) in [5.41, 5.74) is 0.623. The quantitative estimate of drug-likeness (QED) is 0.822. The topological polar surface area (TPSA) is 75.1 Å². The lowest BCUT2D eigenvalue weighted by molar-refractivity contribution is 0.0695. The second-order valence-electron chi connectivity index (χ2n) is 4.32. The number of carboxylic acids is 1. The maximum atomic E-state index is 10.8. The second kappa shape index (κ2) is 5.61. The number of carbonyl (C=O) groups is 1. The van der Waals surface area contributed by atoms with Crippen LogP contribution in [0, 0.1) is 12.8 Å². The number of nitrogens with one attached hydrogen (secondary N) is 1. The van der Waals surface area contributed by atoms with E-state index in [0.29, 0.717) is 17.6 Å². The Labute approximate surface area is 101 Å². The predicted molar refractivity (Wildman–Crippen MR) is 66.3 cm³/mol. The van der Waals surface area contributed by atoms with E-state index in [2.05, 4.69) is 36.1 Å². The van der Waals surface area contributed by atoms with Gasteiger partial charge in [0.1, 0.15) is 0 Å². The van der Waals surface area contributed by atoms with E-state index < -0.39 is 5.97 Å². The number of aryl methyl sites for hydroxylation is 1. The van der Waals surface area contributed by atoms with Crippen molar-refractivity contribution in [2.75, 3.05) is 5.32 Å². The molecule has 0 aromatic carbocycles. The molecule has 17 heavy (non-hydrogen) atoms. The standard InChI is InChI=1S/C12H19N3O2/c1-5-7(2)8(3)14-12-13-6-10(11(16)17)9(4)15-12/h6-8H,5H2,1-4H3,(H,16,17)(H,13,14,15). The summed E-state index contributed by atoms with van der Waals surface area (Å²) in [5, 5.41) is 12.0. The van der Waals surface area contributed by atoms with Crippen molar-refractivity contribution in [3.63, 3.8) is 0 Å². The van der Waals surface area contributed by atoms with Gasteiger partial charge in [0.15, 0.2) is 0 Å². The molecule has 5 nitrogen and oxygen atoms in total. The van der Waals surface area contributed by atoms with Gasteiger partial charge in [0.25, 0.3) is 0 Å². The molecule has 0 aliphatic rings. The maximum absolute atomic E-state index is 10.8. The Balaban J connectivity index is 2.81. The largest absolute Gasteiger partial charge is 0.478 e. The Morgan fingerprint density at radius 2 is 2.18 bits per heavy atom. The fourth-order valence-electron chi connectivity index (χ4n) is 1.45. The van der Waals surface area contributed by atoms with Crippen molar-refractivity contribution in [1.29, 1.82) is 0 Å². The number of aromatic carboxylic acids is 1. The van der Waals surface area contributed by atoms with Crippen LogP contribution >= 0.6 is 0 Å². The number of nitrogens with zero attached hydrogens (tertiary/aromatic N) is 2. The molecule has 0 fully saturated rings. The van der Waals surface area contributed by atoms with E-state index in [-0.39, 0.29) is 11.6 Å². The number of hydrogen-bond acceptors (Lipinski definition) is 4. The number of anilines is 1. The molecule has 0 bridgehead atoms. The molecule has 94 valence electrons. The van der Waals surface area contributed by atoms with Crippen LogP contribution in [0.1, 0.15) is 43.2 Å². The SMILES string of the molecule is CCC(C)C(C)Nc1ncc(C(=O)O)c(C)n1. The first-order chi connectivity index (χ1) is 7.95. The van der Waals surface area contributed by atoms with Crippen molar-refractivity contribution in [1.82, 2.24) is 9.97 Å². The molecule has 0 aliphatic carbocycles. The summed E-state index contributed by atoms with van der Waals surface area (Å²) in [7, 11) is 0. The van der Waals surface area contributed by atoms with Gasteiger partial charge in [-0.25, -0.2) is 14.8 Å². The molecule has 1 aromatic rings. The summed E-state index contributed by atoms with van der Waals surface area (Å²) >= 11 is 0. The molecule has 5 heteroatoms. The zero-order valence-corrected chi connectivity index (χ0v) is 10.7. The molecule has 0 aliphatic heterocycles. The van der Waals surface area contributed by atoms with Crippen molar-refractivity contribution >= 4 is 11.9 Å². The summed E-state index contributed by atoms with van der Waals surface area (Å²) in [6.07, 6.45) is 2.41. The Bertz CT molecular complexity index is 407. The Kier molecular flexibility index (Phi) is 4.43. The van der Waals surface area contributed by atoms with Gasteiger partial charge in [0.05, 0.1) is 11.3 Å². The van der Waals surface area contributed by atoms with Crippen LogP contribution in [-0.4, -0.2) is 27.1 Å². The van der Waals surface area contributed by atoms with E-state index in [4.69, 9.17) is 5.11 Å². The van der Waals surface area contributed by atoms with Crippen LogP contribution in [-0.2, 0) is 0 Å². The van der Waals surface area contributed by atoms with Gasteiger partial charge in [-0.3, -0.25) is 0 Å². The van der Waals surface area contributed by atoms with Crippen LogP contribution in [0.2, 0.25) is 0 Å². The van der Waals surface area contributed by atoms with E-state index in [1.807, 2.05) is 0 Å². The lowest BCUT2D eigenvalue weighted by atomic mass is 10.0. The molecule has 0 spiro atoms. The Morgan fingerprint density at radius 1 is 1.53 bits per heavy atom. The molecule has 1 rings (SSSR count). The number of aromatic nitrogens is 2. The van der Waals surface area contributed by atoms with Gasteiger partial charge in [0.2, 0.25) is 5.95 Å². The molecular weight excluding hydrogens is 218 g/mol. The summed E-state index contributed by atoms with van der Waals surface area (Å²) in [6.45, 7) is 8.01. The minimum Gasteiger partial charge on any atom is -0.478 e. The highest BCUT2D eigenvalue weighted by Gasteiger charge is 2.13. The highest BCUT2D eigenvalue weighted by Crippen LogP contribution is 2.13. The first-order valence-corrected chi connectivity index (χ1v) is 5.79. The molecular formula is C12H19N3O2. The number of hydrogen-bond donors (Lipinski definition) is 2. The summed E-state index contributed by atoms with van der Waals surface area (Å²) < 4.78 is 0. The lowest BCUT2D eigenvalue weighted by Crippen LogP contribution is -2.24. The van der Waals surface area contributed by atoms with Crippen molar-refractivity contribution in [2.24, 2.45) is 5.92 Å². The van der Waals surface area contributed by atoms with E-state index in [0.717, 1.165) is 6.42 Å². The monoisotopic (exact) mass is 237 g/mol. The first-order valence-electron chi connectivity index (χ1n) is 5.79. The third kappa shape index (κ3) is 3.41. The van der Waals surface area contributed by atoms with Crippen LogP contribution < -0.4 is 5.32 Å². The van der Waals surface area contributed by atoms with Gasteiger partial charge in [-0.05, 0) is 19.8 Å². The van der Waals surface area contributed by atoms with Gasteiger partial charge < -0.3 is 10.4 Å². The molecule has 1 aromatic heterocycles. The fraction of sp³-hybridized carbons (Fsp3) is 0.583. The molecule has 0 amide bonds. The Morgan fingerprint density at radius 3 is 2.65 bits per heavy atom. The third-order valence-electron chi connectivity index (χ3n) is 3.06. The molecule has 1 heterocycles. The van der Waals surface area contributed by atoms with Crippen LogP contribution in [0.4, 0.5) is 5.95 Å². The number of carboxylic acid groups (broad SMARTS) is 1. The van der Waals surface area contributed by atoms with Crippen LogP contribution in [0.3, 0.4) is 0 Å². The summed E-state index contributed by atoms with van der Waals surface area (Å²) in [4.78, 5) is 19.0. The average Bonchev–Trinajstić information content (AvgIpc) is 2.27. The van der Waals surface area contributed by atoms with Crippen LogP contribution in [0.15, 0.2) is 6.20 Å². The second-order valence-corrected chi connectivity index (χ2v) is 4.32. The first kappa shape index (κ1) is 13.4. The molecule has 0 saturated carbocycles. The average molecular weight is 237 g/mol. The molecule has 2 atom stereocenters. The van der Waals surface area contributed by atoms with Crippen LogP contribution in [0.5, 0.6) is 0 Å². The summed E-state index contributed by atoms with van der Waals surface area (Å²) in [6, 6.07) is 0.259. The zero-order valence-electron chi connectivity index (χ0n) is 10.7. The highest BCUT2D eigenvalue weighted by molar-refractivity contribution is 5.88. The molecule has 0 radical (unpaired) electrons. The molecule has 2 unspecified atom stereocenters. The highest BCUT2D eigenvalue weighted by atomic mass is 16.4. The fourth-order valence-corrected chi connectivity index (χ4v) is 1.45. The van der Waals surface area contributed by atoms with E-state index in [1.165, 1.54) is 6.20 Å². The van der Waals surface area contributed by atoms with Gasteiger partial charge in [-0.15, -0.1) is 0 Å². The maximum Gasteiger partial charge on any atom is 0.339 e. The van der Waals surface area contributed by atoms with Crippen molar-refractivity contribution in [2.45, 2.75) is 40.2 Å². The van der Waals surface area contributed by atoms with E-state index >= 15 is 0 Å². The van der Waals surface area contributed by atoms with Gasteiger partial charge in [0, 0.05) is 12.2 Å². The van der Waals surface area contributed by atoms with Crippen molar-refractivity contribution < 1.29 is 9.90 Å². The predicted octanol–water partition coefficient (Wildman–Crippen LogP) is 2.33. The van der Waals surface area contributed by atoms with Crippen LogP contribution in [0.25, 0.3) is 0 Å². The minimum atomic E-state index is -0.996. The van der Waals surface area contributed by atoms with E-state index in [9.17, 15) is 4.79 Å². The van der Waals surface area contributed by atoms with Gasteiger partial charge in [-0.2, -0.15) is 0 Å². The van der Waals surface area contributed by atoms with E-state index in [1.54, 1.807) is 6.92 Å². The Hall–Kier alpha value is -1.65. The van der Waals surface area contributed by atoms with Crippen molar-refractivity contribution in [3.8, 4) is 0 Å². The minimum absolute atomic E-state index is 0.145. The molecule has 0 saturated heterocycles. The molecule has 2 N–H and O–H groups in total. The van der Waals surface area contributed by atoms with Gasteiger partial charge in [-0.1, -0.05) is 20.3 Å². The van der Waals surface area contributed by atoms with Crippen molar-refractivity contribution in [3.05, 3.63) is 17.5 Å².